The zero-order valence-corrected chi connectivity index (χ0v) is 12.7. The molecule has 0 saturated heterocycles. The molecule has 3 rings (SSSR count). The second-order valence-corrected chi connectivity index (χ2v) is 6.60. The van der Waals surface area contributed by atoms with E-state index in [1.807, 2.05) is 18.2 Å². The zero-order valence-electron chi connectivity index (χ0n) is 12.0. The molecule has 0 spiro atoms. The van der Waals surface area contributed by atoms with Gasteiger partial charge < -0.3 is 10.0 Å². The average Bonchev–Trinajstić information content (AvgIpc) is 3.31. The minimum atomic E-state index is -0.924. The Labute approximate surface area is 130 Å². The van der Waals surface area contributed by atoms with Crippen molar-refractivity contribution < 1.29 is 9.90 Å². The molecule has 2 fully saturated rings. The molecule has 2 aliphatic carbocycles. The van der Waals surface area contributed by atoms with Crippen molar-refractivity contribution in [2.24, 2.45) is 11.8 Å². The first-order valence-corrected chi connectivity index (χ1v) is 7.95. The van der Waals surface area contributed by atoms with Crippen molar-refractivity contribution >= 4 is 29.3 Å². The van der Waals surface area contributed by atoms with Gasteiger partial charge in [-0.2, -0.15) is 0 Å². The summed E-state index contributed by atoms with van der Waals surface area (Å²) >= 11 is 6.16. The molecule has 1 N–H and O–H groups in total. The van der Waals surface area contributed by atoms with E-state index in [2.05, 4.69) is 4.90 Å². The van der Waals surface area contributed by atoms with E-state index in [0.29, 0.717) is 5.02 Å². The Morgan fingerprint density at radius 3 is 2.38 bits per heavy atom. The summed E-state index contributed by atoms with van der Waals surface area (Å²) in [5, 5.41) is 9.55. The van der Waals surface area contributed by atoms with Crippen LogP contribution in [-0.4, -0.2) is 24.2 Å². The molecule has 112 valence electrons. The highest BCUT2D eigenvalue weighted by molar-refractivity contribution is 6.31. The molecule has 3 nitrogen and oxygen atoms in total. The molecule has 0 aliphatic heterocycles. The van der Waals surface area contributed by atoms with Gasteiger partial charge in [0, 0.05) is 29.9 Å². The fourth-order valence-electron chi connectivity index (χ4n) is 2.59. The van der Waals surface area contributed by atoms with Crippen LogP contribution in [0.15, 0.2) is 24.3 Å². The van der Waals surface area contributed by atoms with Crippen LogP contribution in [0.4, 0.5) is 5.69 Å². The Bertz CT molecular complexity index is 548. The SMILES string of the molecule is O=C(O)/C=C/c1ccc(Cl)cc1N(CC1CC1)CC1CC1. The maximum absolute atomic E-state index is 10.8. The van der Waals surface area contributed by atoms with E-state index in [1.54, 1.807) is 6.08 Å². The van der Waals surface area contributed by atoms with Gasteiger partial charge in [-0.1, -0.05) is 17.7 Å². The van der Waals surface area contributed by atoms with Gasteiger partial charge in [-0.3, -0.25) is 0 Å². The molecule has 4 heteroatoms. The third kappa shape index (κ3) is 4.24. The number of aliphatic carboxylic acids is 1. The fourth-order valence-corrected chi connectivity index (χ4v) is 2.75. The van der Waals surface area contributed by atoms with Crippen LogP contribution in [0.5, 0.6) is 0 Å². The number of anilines is 1. The van der Waals surface area contributed by atoms with Gasteiger partial charge in [-0.05, 0) is 61.3 Å². The number of carboxylic acid groups (broad SMARTS) is 1. The predicted molar refractivity (Wildman–Crippen MR) is 85.8 cm³/mol. The quantitative estimate of drug-likeness (QED) is 0.772. The number of rotatable bonds is 7. The maximum atomic E-state index is 10.8. The first-order valence-electron chi connectivity index (χ1n) is 7.57. The van der Waals surface area contributed by atoms with Gasteiger partial charge in [0.2, 0.25) is 0 Å². The Morgan fingerprint density at radius 2 is 1.86 bits per heavy atom. The summed E-state index contributed by atoms with van der Waals surface area (Å²) < 4.78 is 0. The van der Waals surface area contributed by atoms with Gasteiger partial charge in [0.15, 0.2) is 0 Å². The molecule has 0 radical (unpaired) electrons. The highest BCUT2D eigenvalue weighted by Crippen LogP contribution is 2.37. The molecule has 0 atom stereocenters. The molecule has 0 amide bonds. The van der Waals surface area contributed by atoms with Crippen molar-refractivity contribution in [2.45, 2.75) is 25.7 Å². The number of carbonyl (C=O) groups is 1. The van der Waals surface area contributed by atoms with Crippen LogP contribution < -0.4 is 4.90 Å². The van der Waals surface area contributed by atoms with E-state index in [1.165, 1.54) is 31.8 Å². The van der Waals surface area contributed by atoms with Crippen LogP contribution in [0.2, 0.25) is 5.02 Å². The molecule has 21 heavy (non-hydrogen) atoms. The third-order valence-electron chi connectivity index (χ3n) is 4.09. The normalized spacial score (nSPS) is 18.1. The minimum Gasteiger partial charge on any atom is -0.478 e. The van der Waals surface area contributed by atoms with Gasteiger partial charge in [0.05, 0.1) is 0 Å². The first-order chi connectivity index (χ1) is 10.1. The highest BCUT2D eigenvalue weighted by atomic mass is 35.5. The number of carboxylic acids is 1. The van der Waals surface area contributed by atoms with Crippen LogP contribution >= 0.6 is 11.6 Å². The second-order valence-electron chi connectivity index (χ2n) is 6.17. The smallest absolute Gasteiger partial charge is 0.328 e. The first kappa shape index (κ1) is 14.5. The number of hydrogen-bond acceptors (Lipinski definition) is 2. The Hall–Kier alpha value is -1.48. The molecule has 2 saturated carbocycles. The van der Waals surface area contributed by atoms with Crippen molar-refractivity contribution in [2.75, 3.05) is 18.0 Å². The van der Waals surface area contributed by atoms with Crippen molar-refractivity contribution in [1.29, 1.82) is 0 Å². The van der Waals surface area contributed by atoms with E-state index >= 15 is 0 Å². The summed E-state index contributed by atoms with van der Waals surface area (Å²) in [7, 11) is 0. The van der Waals surface area contributed by atoms with Crippen LogP contribution in [0.1, 0.15) is 31.2 Å². The van der Waals surface area contributed by atoms with Crippen molar-refractivity contribution in [1.82, 2.24) is 0 Å². The van der Waals surface area contributed by atoms with Crippen LogP contribution in [0, 0.1) is 11.8 Å². The number of hydrogen-bond donors (Lipinski definition) is 1. The summed E-state index contributed by atoms with van der Waals surface area (Å²) in [6, 6.07) is 5.69. The van der Waals surface area contributed by atoms with E-state index in [0.717, 1.165) is 36.2 Å². The third-order valence-corrected chi connectivity index (χ3v) is 4.32. The highest BCUT2D eigenvalue weighted by Gasteiger charge is 2.30. The zero-order chi connectivity index (χ0) is 14.8. The van der Waals surface area contributed by atoms with E-state index in [9.17, 15) is 4.79 Å². The molecule has 2 aliphatic rings. The monoisotopic (exact) mass is 305 g/mol. The molecule has 0 aromatic heterocycles. The van der Waals surface area contributed by atoms with E-state index in [-0.39, 0.29) is 0 Å². The molecular weight excluding hydrogens is 286 g/mol. The molecule has 0 heterocycles. The summed E-state index contributed by atoms with van der Waals surface area (Å²) in [5.74, 6) is 0.657. The van der Waals surface area contributed by atoms with Crippen LogP contribution in [0.25, 0.3) is 6.08 Å². The van der Waals surface area contributed by atoms with Crippen LogP contribution in [0.3, 0.4) is 0 Å². The van der Waals surface area contributed by atoms with Crippen molar-refractivity contribution in [3.8, 4) is 0 Å². The van der Waals surface area contributed by atoms with Gasteiger partial charge >= 0.3 is 5.97 Å². The fraction of sp³-hybridized carbons (Fsp3) is 0.471. The number of halogens is 1. The largest absolute Gasteiger partial charge is 0.478 e. The molecule has 0 bridgehead atoms. The lowest BCUT2D eigenvalue weighted by Crippen LogP contribution is -2.28. The topological polar surface area (TPSA) is 40.5 Å². The predicted octanol–water partition coefficient (Wildman–Crippen LogP) is 4.06. The molecule has 1 aromatic carbocycles. The summed E-state index contributed by atoms with van der Waals surface area (Å²) in [4.78, 5) is 13.2. The van der Waals surface area contributed by atoms with E-state index in [4.69, 9.17) is 16.7 Å². The number of nitrogens with zero attached hydrogens (tertiary/aromatic N) is 1. The van der Waals surface area contributed by atoms with Crippen molar-refractivity contribution in [3.63, 3.8) is 0 Å². The molecule has 1 aromatic rings. The summed E-state index contributed by atoms with van der Waals surface area (Å²) in [5.41, 5.74) is 2.00. The van der Waals surface area contributed by atoms with E-state index < -0.39 is 5.97 Å². The lowest BCUT2D eigenvalue weighted by molar-refractivity contribution is -0.131. The van der Waals surface area contributed by atoms with Gasteiger partial charge in [-0.15, -0.1) is 0 Å². The number of benzene rings is 1. The van der Waals surface area contributed by atoms with Crippen molar-refractivity contribution in [3.05, 3.63) is 34.9 Å². The lowest BCUT2D eigenvalue weighted by Gasteiger charge is -2.27. The standard InChI is InChI=1S/C17H20ClNO2/c18-15-7-5-14(6-8-17(20)21)16(9-15)19(10-12-1-2-12)11-13-3-4-13/h5-9,12-13H,1-4,10-11H2,(H,20,21)/b8-6+. The average molecular weight is 306 g/mol. The molecular formula is C17H20ClNO2. The summed E-state index contributed by atoms with van der Waals surface area (Å²) in [6.45, 7) is 2.12. The maximum Gasteiger partial charge on any atom is 0.328 e. The Kier molecular flexibility index (Phi) is 4.20. The van der Waals surface area contributed by atoms with Gasteiger partial charge in [0.25, 0.3) is 0 Å². The Morgan fingerprint density at radius 1 is 1.24 bits per heavy atom. The van der Waals surface area contributed by atoms with Gasteiger partial charge in [-0.25, -0.2) is 4.79 Å². The second kappa shape index (κ2) is 6.10. The van der Waals surface area contributed by atoms with Gasteiger partial charge in [0.1, 0.15) is 0 Å². The Balaban J connectivity index is 1.87. The lowest BCUT2D eigenvalue weighted by atomic mass is 10.1. The van der Waals surface area contributed by atoms with Crippen LogP contribution in [-0.2, 0) is 4.79 Å². The molecule has 0 unspecified atom stereocenters. The summed E-state index contributed by atoms with van der Waals surface area (Å²) in [6.07, 6.45) is 8.09. The minimum absolute atomic E-state index is 0.703.